The Morgan fingerprint density at radius 2 is 1.88 bits per heavy atom. The van der Waals surface area contributed by atoms with E-state index in [1.165, 1.54) is 0 Å². The number of benzene rings is 1. The minimum absolute atomic E-state index is 0.611. The lowest BCUT2D eigenvalue weighted by Gasteiger charge is -2.33. The molecule has 26 heavy (non-hydrogen) atoms. The van der Waals surface area contributed by atoms with E-state index in [-0.39, 0.29) is 0 Å². The Hall–Kier alpha value is -2.45. The van der Waals surface area contributed by atoms with Crippen molar-refractivity contribution in [2.24, 2.45) is 0 Å². The smallest absolute Gasteiger partial charge is 0.241 e. The van der Waals surface area contributed by atoms with Crippen molar-refractivity contribution in [2.45, 2.75) is 13.5 Å². The molecule has 3 aromatic rings. The number of ether oxygens (including phenoxy) is 1. The third-order valence-electron chi connectivity index (χ3n) is 4.42. The monoisotopic (exact) mass is 371 g/mol. The van der Waals surface area contributed by atoms with Crippen LogP contribution in [0.25, 0.3) is 11.4 Å². The molecule has 0 aliphatic carbocycles. The van der Waals surface area contributed by atoms with Gasteiger partial charge >= 0.3 is 0 Å². The highest BCUT2D eigenvalue weighted by atomic mass is 32.1. The van der Waals surface area contributed by atoms with Crippen LogP contribution < -0.4 is 9.64 Å². The third-order valence-corrected chi connectivity index (χ3v) is 5.44. The summed E-state index contributed by atoms with van der Waals surface area (Å²) in [4.78, 5) is 13.8. The highest BCUT2D eigenvalue weighted by Gasteiger charge is 2.21. The molecule has 4 rings (SSSR count). The first kappa shape index (κ1) is 17.0. The molecule has 7 nitrogen and oxygen atoms in total. The van der Waals surface area contributed by atoms with Gasteiger partial charge in [-0.25, -0.2) is 4.98 Å². The van der Waals surface area contributed by atoms with Gasteiger partial charge in [0.2, 0.25) is 11.7 Å². The minimum Gasteiger partial charge on any atom is -0.497 e. The van der Waals surface area contributed by atoms with Crippen molar-refractivity contribution in [3.63, 3.8) is 0 Å². The number of aryl methyl sites for hydroxylation is 1. The van der Waals surface area contributed by atoms with Crippen LogP contribution in [-0.4, -0.2) is 53.3 Å². The zero-order valence-corrected chi connectivity index (χ0v) is 15.7. The molecule has 0 atom stereocenters. The van der Waals surface area contributed by atoms with Crippen molar-refractivity contribution in [3.8, 4) is 17.1 Å². The van der Waals surface area contributed by atoms with Crippen LogP contribution in [0, 0.1) is 6.92 Å². The summed E-state index contributed by atoms with van der Waals surface area (Å²) in [7, 11) is 1.65. The first-order chi connectivity index (χ1) is 12.7. The standard InChI is InChI=1S/C18H21N5O2S/c1-13-12-26-18(19-13)23-9-7-22(8-10-23)11-16-20-17(21-25-16)14-3-5-15(24-2)6-4-14/h3-6,12H,7-11H2,1-2H3. The lowest BCUT2D eigenvalue weighted by Crippen LogP contribution is -2.46. The minimum atomic E-state index is 0.611. The molecule has 2 aromatic heterocycles. The average molecular weight is 371 g/mol. The summed E-state index contributed by atoms with van der Waals surface area (Å²) < 4.78 is 10.6. The number of nitrogens with zero attached hydrogens (tertiary/aromatic N) is 5. The highest BCUT2D eigenvalue weighted by Crippen LogP contribution is 2.23. The van der Waals surface area contributed by atoms with E-state index in [9.17, 15) is 0 Å². The number of anilines is 1. The van der Waals surface area contributed by atoms with Crippen molar-refractivity contribution in [3.05, 3.63) is 41.2 Å². The fourth-order valence-corrected chi connectivity index (χ4v) is 3.81. The van der Waals surface area contributed by atoms with Gasteiger partial charge < -0.3 is 14.2 Å². The van der Waals surface area contributed by atoms with E-state index < -0.39 is 0 Å². The molecule has 0 spiro atoms. The van der Waals surface area contributed by atoms with Gasteiger partial charge in [-0.1, -0.05) is 5.16 Å². The topological polar surface area (TPSA) is 67.5 Å². The van der Waals surface area contributed by atoms with Crippen molar-refractivity contribution >= 4 is 16.5 Å². The maximum Gasteiger partial charge on any atom is 0.241 e. The Morgan fingerprint density at radius 3 is 2.54 bits per heavy atom. The van der Waals surface area contributed by atoms with Crippen LogP contribution in [0.2, 0.25) is 0 Å². The number of methoxy groups -OCH3 is 1. The number of thiazole rings is 1. The van der Waals surface area contributed by atoms with E-state index in [0.29, 0.717) is 18.3 Å². The Balaban J connectivity index is 1.34. The predicted octanol–water partition coefficient (Wildman–Crippen LogP) is 2.83. The second-order valence-electron chi connectivity index (χ2n) is 6.27. The van der Waals surface area contributed by atoms with Crippen LogP contribution >= 0.6 is 11.3 Å². The Bertz CT molecular complexity index is 853. The van der Waals surface area contributed by atoms with E-state index >= 15 is 0 Å². The molecule has 0 unspecified atom stereocenters. The third kappa shape index (κ3) is 3.71. The molecule has 0 saturated carbocycles. The maximum atomic E-state index is 5.44. The van der Waals surface area contributed by atoms with Gasteiger partial charge in [-0.15, -0.1) is 11.3 Å². The van der Waals surface area contributed by atoms with E-state index in [2.05, 4.69) is 30.3 Å². The largest absolute Gasteiger partial charge is 0.497 e. The Labute approximate surface area is 156 Å². The number of aromatic nitrogens is 3. The molecule has 1 fully saturated rings. The van der Waals surface area contributed by atoms with E-state index in [1.807, 2.05) is 31.2 Å². The lowest BCUT2D eigenvalue weighted by atomic mass is 10.2. The molecule has 0 radical (unpaired) electrons. The summed E-state index contributed by atoms with van der Waals surface area (Å²) in [6.07, 6.45) is 0. The average Bonchev–Trinajstić information content (AvgIpc) is 3.32. The van der Waals surface area contributed by atoms with Gasteiger partial charge in [0.25, 0.3) is 0 Å². The number of rotatable bonds is 5. The van der Waals surface area contributed by atoms with Gasteiger partial charge in [-0.3, -0.25) is 4.90 Å². The molecule has 3 heterocycles. The van der Waals surface area contributed by atoms with Gasteiger partial charge in [0.15, 0.2) is 5.13 Å². The molecule has 0 amide bonds. The number of hydrogen-bond donors (Lipinski definition) is 0. The van der Waals surface area contributed by atoms with Gasteiger partial charge in [0, 0.05) is 37.1 Å². The summed E-state index contributed by atoms with van der Waals surface area (Å²) in [6.45, 7) is 6.55. The van der Waals surface area contributed by atoms with Gasteiger partial charge in [-0.05, 0) is 31.2 Å². The Kier molecular flexibility index (Phi) is 4.85. The van der Waals surface area contributed by atoms with Gasteiger partial charge in [-0.2, -0.15) is 4.98 Å². The SMILES string of the molecule is COc1ccc(-c2noc(CN3CCN(c4nc(C)cs4)CC3)n2)cc1. The van der Waals surface area contributed by atoms with Gasteiger partial charge in [0.1, 0.15) is 5.75 Å². The summed E-state index contributed by atoms with van der Waals surface area (Å²) in [5.41, 5.74) is 2.01. The van der Waals surface area contributed by atoms with E-state index in [1.54, 1.807) is 18.4 Å². The van der Waals surface area contributed by atoms with Crippen LogP contribution in [0.5, 0.6) is 5.75 Å². The van der Waals surface area contributed by atoms with Crippen molar-refractivity contribution in [1.29, 1.82) is 0 Å². The maximum absolute atomic E-state index is 5.44. The predicted molar refractivity (Wildman–Crippen MR) is 101 cm³/mol. The van der Waals surface area contributed by atoms with Crippen molar-refractivity contribution < 1.29 is 9.26 Å². The highest BCUT2D eigenvalue weighted by molar-refractivity contribution is 7.13. The summed E-state index contributed by atoms with van der Waals surface area (Å²) in [6, 6.07) is 7.65. The van der Waals surface area contributed by atoms with Crippen LogP contribution in [0.3, 0.4) is 0 Å². The molecule has 8 heteroatoms. The van der Waals surface area contributed by atoms with Crippen LogP contribution in [0.4, 0.5) is 5.13 Å². The van der Waals surface area contributed by atoms with Crippen molar-refractivity contribution in [2.75, 3.05) is 38.2 Å². The van der Waals surface area contributed by atoms with Crippen LogP contribution in [-0.2, 0) is 6.54 Å². The Morgan fingerprint density at radius 1 is 1.12 bits per heavy atom. The quantitative estimate of drug-likeness (QED) is 0.683. The number of piperazine rings is 1. The van der Waals surface area contributed by atoms with Gasteiger partial charge in [0.05, 0.1) is 19.3 Å². The zero-order valence-electron chi connectivity index (χ0n) is 14.9. The lowest BCUT2D eigenvalue weighted by molar-refractivity contribution is 0.215. The summed E-state index contributed by atoms with van der Waals surface area (Å²) in [5, 5.41) is 7.31. The molecule has 136 valence electrons. The second-order valence-corrected chi connectivity index (χ2v) is 7.11. The summed E-state index contributed by atoms with van der Waals surface area (Å²) >= 11 is 1.71. The van der Waals surface area contributed by atoms with E-state index in [4.69, 9.17) is 9.26 Å². The first-order valence-electron chi connectivity index (χ1n) is 8.58. The van der Waals surface area contributed by atoms with E-state index in [0.717, 1.165) is 48.3 Å². The van der Waals surface area contributed by atoms with Crippen LogP contribution in [0.1, 0.15) is 11.6 Å². The molecular formula is C18H21N5O2S. The molecule has 0 bridgehead atoms. The normalized spacial score (nSPS) is 15.4. The summed E-state index contributed by atoms with van der Waals surface area (Å²) in [5.74, 6) is 2.07. The van der Waals surface area contributed by atoms with Crippen LogP contribution in [0.15, 0.2) is 34.2 Å². The first-order valence-corrected chi connectivity index (χ1v) is 9.45. The fourth-order valence-electron chi connectivity index (χ4n) is 2.95. The molecule has 1 aliphatic heterocycles. The second kappa shape index (κ2) is 7.43. The zero-order chi connectivity index (χ0) is 17.9. The molecule has 1 aromatic carbocycles. The van der Waals surface area contributed by atoms with Crippen molar-refractivity contribution in [1.82, 2.24) is 20.0 Å². The fraction of sp³-hybridized carbons (Fsp3) is 0.389. The molecule has 1 saturated heterocycles. The molecule has 1 aliphatic rings. The number of hydrogen-bond acceptors (Lipinski definition) is 8. The molecule has 0 N–H and O–H groups in total. The molecular weight excluding hydrogens is 350 g/mol.